The van der Waals surface area contributed by atoms with Crippen LogP contribution in [0, 0.1) is 12.8 Å². The number of hydrogen-bond donors (Lipinski definition) is 0. The molecule has 0 aliphatic heterocycles. The molecule has 1 aliphatic carbocycles. The fourth-order valence-corrected chi connectivity index (χ4v) is 5.19. The van der Waals surface area contributed by atoms with Crippen molar-refractivity contribution in [3.63, 3.8) is 0 Å². The van der Waals surface area contributed by atoms with Crippen LogP contribution in [-0.4, -0.2) is 9.97 Å². The summed E-state index contributed by atoms with van der Waals surface area (Å²) in [5.74, 6) is 0.827. The van der Waals surface area contributed by atoms with E-state index in [1.54, 1.807) is 0 Å². The summed E-state index contributed by atoms with van der Waals surface area (Å²) < 4.78 is 6.09. The average Bonchev–Trinajstić information content (AvgIpc) is 3.48. The second kappa shape index (κ2) is 7.90. The van der Waals surface area contributed by atoms with Gasteiger partial charge in [-0.3, -0.25) is 4.98 Å². The highest BCUT2D eigenvalue weighted by Crippen LogP contribution is 2.37. The predicted molar refractivity (Wildman–Crippen MR) is 131 cm³/mol. The minimum Gasteiger partial charge on any atom is -0.438 e. The van der Waals surface area contributed by atoms with Gasteiger partial charge in [-0.1, -0.05) is 68.1 Å². The first kappa shape index (κ1) is 19.2. The zero-order chi connectivity index (χ0) is 21.5. The lowest BCUT2D eigenvalue weighted by Gasteiger charge is -2.12. The van der Waals surface area contributed by atoms with Gasteiger partial charge in [-0.25, -0.2) is 4.98 Å². The molecule has 1 fully saturated rings. The topological polar surface area (TPSA) is 38.9 Å². The molecule has 0 amide bonds. The van der Waals surface area contributed by atoms with Crippen LogP contribution < -0.4 is 0 Å². The van der Waals surface area contributed by atoms with Crippen LogP contribution in [0.1, 0.15) is 36.8 Å². The second-order valence-corrected chi connectivity index (χ2v) is 9.07. The molecule has 3 heterocycles. The lowest BCUT2D eigenvalue weighted by Crippen LogP contribution is -2.02. The first-order valence-electron chi connectivity index (χ1n) is 11.6. The van der Waals surface area contributed by atoms with Gasteiger partial charge in [-0.2, -0.15) is 0 Å². The quantitative estimate of drug-likeness (QED) is 0.299. The van der Waals surface area contributed by atoms with Gasteiger partial charge in [0.15, 0.2) is 0 Å². The summed E-state index contributed by atoms with van der Waals surface area (Å²) in [4.78, 5) is 9.49. The SMILES string of the molecule is Cc1cc(-c2cnc3oc4cccc(-c5ccccc5)c4c3c2)ncc1CC1CCCC1. The Balaban J connectivity index is 1.44. The van der Waals surface area contributed by atoms with E-state index in [9.17, 15) is 0 Å². The van der Waals surface area contributed by atoms with E-state index in [0.717, 1.165) is 45.5 Å². The summed E-state index contributed by atoms with van der Waals surface area (Å²) in [6, 6.07) is 21.1. The van der Waals surface area contributed by atoms with Crippen LogP contribution in [0.3, 0.4) is 0 Å². The van der Waals surface area contributed by atoms with Crippen LogP contribution in [0.5, 0.6) is 0 Å². The number of hydrogen-bond acceptors (Lipinski definition) is 3. The van der Waals surface area contributed by atoms with Crippen LogP contribution >= 0.6 is 0 Å². The molecule has 0 unspecified atom stereocenters. The van der Waals surface area contributed by atoms with E-state index in [2.05, 4.69) is 60.6 Å². The van der Waals surface area contributed by atoms with E-state index in [1.165, 1.54) is 42.4 Å². The van der Waals surface area contributed by atoms with Crippen LogP contribution in [-0.2, 0) is 6.42 Å². The molecule has 0 spiro atoms. The molecule has 3 heteroatoms. The van der Waals surface area contributed by atoms with Gasteiger partial charge in [0.25, 0.3) is 0 Å². The van der Waals surface area contributed by atoms with Gasteiger partial charge in [-0.15, -0.1) is 0 Å². The van der Waals surface area contributed by atoms with E-state index in [0.29, 0.717) is 5.71 Å². The normalized spacial score (nSPS) is 14.5. The lowest BCUT2D eigenvalue weighted by molar-refractivity contribution is 0.544. The van der Waals surface area contributed by atoms with Crippen LogP contribution in [0.25, 0.3) is 44.5 Å². The van der Waals surface area contributed by atoms with Gasteiger partial charge >= 0.3 is 0 Å². The number of aromatic nitrogens is 2. The molecule has 3 aromatic heterocycles. The van der Waals surface area contributed by atoms with Crippen molar-refractivity contribution in [1.29, 1.82) is 0 Å². The van der Waals surface area contributed by atoms with Gasteiger partial charge in [0.1, 0.15) is 5.58 Å². The molecule has 0 atom stereocenters. The Morgan fingerprint density at radius 2 is 1.72 bits per heavy atom. The Kier molecular flexibility index (Phi) is 4.75. The third-order valence-corrected chi connectivity index (χ3v) is 6.94. The Labute approximate surface area is 188 Å². The van der Waals surface area contributed by atoms with Crippen molar-refractivity contribution in [3.8, 4) is 22.4 Å². The van der Waals surface area contributed by atoms with Gasteiger partial charge in [0, 0.05) is 28.7 Å². The highest BCUT2D eigenvalue weighted by atomic mass is 16.3. The number of pyridine rings is 2. The molecule has 1 saturated carbocycles. The third-order valence-electron chi connectivity index (χ3n) is 6.94. The molecule has 1 aliphatic rings. The highest BCUT2D eigenvalue weighted by Gasteiger charge is 2.18. The summed E-state index contributed by atoms with van der Waals surface area (Å²) in [5.41, 5.74) is 8.58. The molecule has 0 radical (unpaired) electrons. The monoisotopic (exact) mass is 418 g/mol. The summed E-state index contributed by atoms with van der Waals surface area (Å²) in [7, 11) is 0. The number of aryl methyl sites for hydroxylation is 1. The maximum atomic E-state index is 6.09. The number of furan rings is 1. The fourth-order valence-electron chi connectivity index (χ4n) is 5.19. The van der Waals surface area contributed by atoms with Gasteiger partial charge in [-0.05, 0) is 59.7 Å². The second-order valence-electron chi connectivity index (χ2n) is 9.07. The van der Waals surface area contributed by atoms with Crippen LogP contribution in [0.2, 0.25) is 0 Å². The van der Waals surface area contributed by atoms with Crippen molar-refractivity contribution in [1.82, 2.24) is 9.97 Å². The van der Waals surface area contributed by atoms with E-state index in [4.69, 9.17) is 9.40 Å². The van der Waals surface area contributed by atoms with Crippen molar-refractivity contribution >= 4 is 22.1 Å². The van der Waals surface area contributed by atoms with Crippen molar-refractivity contribution < 1.29 is 4.42 Å². The molecule has 2 aromatic carbocycles. The minimum absolute atomic E-state index is 0.668. The molecular weight excluding hydrogens is 392 g/mol. The fraction of sp³-hybridized carbons (Fsp3) is 0.241. The molecule has 6 rings (SSSR count). The van der Waals surface area contributed by atoms with Crippen molar-refractivity contribution in [3.05, 3.63) is 84.2 Å². The van der Waals surface area contributed by atoms with Crippen LogP contribution in [0.15, 0.2) is 77.5 Å². The molecule has 158 valence electrons. The molecule has 0 bridgehead atoms. The average molecular weight is 419 g/mol. The number of benzene rings is 2. The highest BCUT2D eigenvalue weighted by molar-refractivity contribution is 6.12. The Hall–Kier alpha value is -3.46. The molecular formula is C29H26N2O. The molecule has 5 aromatic rings. The maximum absolute atomic E-state index is 6.09. The molecule has 3 nitrogen and oxygen atoms in total. The van der Waals surface area contributed by atoms with Gasteiger partial charge in [0.05, 0.1) is 5.69 Å². The minimum atomic E-state index is 0.668. The number of nitrogens with zero attached hydrogens (tertiary/aromatic N) is 2. The first-order chi connectivity index (χ1) is 15.8. The zero-order valence-electron chi connectivity index (χ0n) is 18.3. The molecule has 32 heavy (non-hydrogen) atoms. The number of rotatable bonds is 4. The summed E-state index contributed by atoms with van der Waals surface area (Å²) in [6.45, 7) is 2.21. The lowest BCUT2D eigenvalue weighted by atomic mass is 9.95. The largest absolute Gasteiger partial charge is 0.438 e. The predicted octanol–water partition coefficient (Wildman–Crippen LogP) is 7.75. The van der Waals surface area contributed by atoms with Gasteiger partial charge in [0.2, 0.25) is 5.71 Å². The van der Waals surface area contributed by atoms with E-state index < -0.39 is 0 Å². The van der Waals surface area contributed by atoms with Gasteiger partial charge < -0.3 is 4.42 Å². The van der Waals surface area contributed by atoms with Crippen molar-refractivity contribution in [2.45, 2.75) is 39.0 Å². The zero-order valence-corrected chi connectivity index (χ0v) is 18.3. The summed E-state index contributed by atoms with van der Waals surface area (Å²) in [5, 5.41) is 2.14. The van der Waals surface area contributed by atoms with Crippen molar-refractivity contribution in [2.75, 3.05) is 0 Å². The summed E-state index contributed by atoms with van der Waals surface area (Å²) in [6.07, 6.45) is 10.6. The van der Waals surface area contributed by atoms with Crippen LogP contribution in [0.4, 0.5) is 0 Å². The molecule has 0 saturated heterocycles. The van der Waals surface area contributed by atoms with E-state index in [-0.39, 0.29) is 0 Å². The Bertz CT molecular complexity index is 1410. The van der Waals surface area contributed by atoms with E-state index >= 15 is 0 Å². The van der Waals surface area contributed by atoms with Crippen molar-refractivity contribution in [2.24, 2.45) is 5.92 Å². The number of fused-ring (bicyclic) bond motifs is 3. The molecule has 0 N–H and O–H groups in total. The van der Waals surface area contributed by atoms with E-state index in [1.807, 2.05) is 24.4 Å². The smallest absolute Gasteiger partial charge is 0.227 e. The maximum Gasteiger partial charge on any atom is 0.227 e. The Morgan fingerprint density at radius 3 is 2.53 bits per heavy atom. The first-order valence-corrected chi connectivity index (χ1v) is 11.6. The standard InChI is InChI=1S/C29H26N2O/c1-19-14-26(30-17-22(19)15-20-8-5-6-9-20)23-16-25-28-24(21-10-3-2-4-11-21)12-7-13-27(28)32-29(25)31-18-23/h2-4,7,10-14,16-18,20H,5-6,8-9,15H2,1H3. The summed E-state index contributed by atoms with van der Waals surface area (Å²) >= 11 is 0. The third kappa shape index (κ3) is 3.38. The Morgan fingerprint density at radius 1 is 0.875 bits per heavy atom.